The fourth-order valence-electron chi connectivity index (χ4n) is 2.11. The van der Waals surface area contributed by atoms with Crippen molar-refractivity contribution >= 4 is 0 Å². The van der Waals surface area contributed by atoms with Gasteiger partial charge in [0.1, 0.15) is 0 Å². The van der Waals surface area contributed by atoms with Gasteiger partial charge in [-0.05, 0) is 56.2 Å². The van der Waals surface area contributed by atoms with Crippen molar-refractivity contribution in [3.8, 4) is 11.8 Å². The van der Waals surface area contributed by atoms with Crippen LogP contribution < -0.4 is 0 Å². The number of benzene rings is 1. The smallest absolute Gasteiger partial charge is 0.0307 e. The van der Waals surface area contributed by atoms with Crippen LogP contribution in [-0.2, 0) is 0 Å². The van der Waals surface area contributed by atoms with E-state index in [1.807, 2.05) is 0 Å². The summed E-state index contributed by atoms with van der Waals surface area (Å²) in [7, 11) is 0. The van der Waals surface area contributed by atoms with E-state index >= 15 is 0 Å². The monoisotopic (exact) mass is 210 g/mol. The third-order valence-electron chi connectivity index (χ3n) is 3.12. The summed E-state index contributed by atoms with van der Waals surface area (Å²) in [5.74, 6) is 6.66. The summed E-state index contributed by atoms with van der Waals surface area (Å²) in [5.41, 5.74) is 5.09. The van der Waals surface area contributed by atoms with Gasteiger partial charge in [0.25, 0.3) is 0 Å². The molecule has 0 nitrogen and oxygen atoms in total. The maximum absolute atomic E-state index is 3.33. The average molecular weight is 210 g/mol. The molecule has 0 aromatic heterocycles. The molecule has 1 aromatic rings. The van der Waals surface area contributed by atoms with Crippen LogP contribution in [0.25, 0.3) is 0 Å². The zero-order valence-electron chi connectivity index (χ0n) is 10.1. The first-order valence-corrected chi connectivity index (χ1v) is 6.04. The van der Waals surface area contributed by atoms with E-state index in [2.05, 4.69) is 50.0 Å². The Balaban J connectivity index is 2.26. The van der Waals surface area contributed by atoms with Gasteiger partial charge < -0.3 is 0 Å². The van der Waals surface area contributed by atoms with Crippen LogP contribution in [0.5, 0.6) is 0 Å². The van der Waals surface area contributed by atoms with Crippen LogP contribution in [0, 0.1) is 25.7 Å². The summed E-state index contributed by atoms with van der Waals surface area (Å²) in [5, 5.41) is 0. The number of rotatable bonds is 0. The predicted molar refractivity (Wildman–Crippen MR) is 69.3 cm³/mol. The highest BCUT2D eigenvalue weighted by Gasteiger charge is 2.01. The maximum Gasteiger partial charge on any atom is 0.0307 e. The molecule has 0 amide bonds. The molecule has 0 spiro atoms. The van der Waals surface area contributed by atoms with Gasteiger partial charge in [-0.3, -0.25) is 0 Å². The molecular formula is C16H18. The van der Waals surface area contributed by atoms with Gasteiger partial charge in [-0.25, -0.2) is 0 Å². The van der Waals surface area contributed by atoms with Gasteiger partial charge in [0.2, 0.25) is 0 Å². The van der Waals surface area contributed by atoms with Gasteiger partial charge in [0, 0.05) is 5.56 Å². The highest BCUT2D eigenvalue weighted by molar-refractivity contribution is 5.49. The molecule has 82 valence electrons. The standard InChI is InChI=1S/C16H18/c1-13-7-6-8-14(2)16(13)12-11-15-9-4-3-5-10-15/h6-9H,3-5,10H2,1-2H3. The number of allylic oxidation sites excluding steroid dienone is 2. The minimum atomic E-state index is 1.16. The lowest BCUT2D eigenvalue weighted by atomic mass is 9.98. The summed E-state index contributed by atoms with van der Waals surface area (Å²) in [6.07, 6.45) is 7.29. The molecule has 0 atom stereocenters. The molecule has 1 aliphatic carbocycles. The largest absolute Gasteiger partial charge is 0.0729 e. The fourth-order valence-corrected chi connectivity index (χ4v) is 2.11. The zero-order chi connectivity index (χ0) is 11.4. The van der Waals surface area contributed by atoms with E-state index in [4.69, 9.17) is 0 Å². The van der Waals surface area contributed by atoms with Gasteiger partial charge in [-0.1, -0.05) is 36.1 Å². The second kappa shape index (κ2) is 5.03. The van der Waals surface area contributed by atoms with Crippen LogP contribution >= 0.6 is 0 Å². The Morgan fingerprint density at radius 2 is 1.75 bits per heavy atom. The summed E-state index contributed by atoms with van der Waals surface area (Å²) in [6, 6.07) is 6.36. The molecule has 16 heavy (non-hydrogen) atoms. The lowest BCUT2D eigenvalue weighted by Gasteiger charge is -2.06. The molecule has 2 rings (SSSR count). The number of aryl methyl sites for hydroxylation is 2. The minimum absolute atomic E-state index is 1.16. The molecule has 0 radical (unpaired) electrons. The highest BCUT2D eigenvalue weighted by atomic mass is 14.1. The maximum atomic E-state index is 3.33. The van der Waals surface area contributed by atoms with Crippen LogP contribution in [0.2, 0.25) is 0 Å². The van der Waals surface area contributed by atoms with Gasteiger partial charge in [-0.15, -0.1) is 0 Å². The quantitative estimate of drug-likeness (QED) is 0.564. The predicted octanol–water partition coefficient (Wildman–Crippen LogP) is 4.16. The first-order chi connectivity index (χ1) is 7.77. The van der Waals surface area contributed by atoms with Crippen LogP contribution in [0.15, 0.2) is 29.8 Å². The molecule has 0 heteroatoms. The van der Waals surface area contributed by atoms with E-state index in [1.54, 1.807) is 0 Å². The van der Waals surface area contributed by atoms with Crippen molar-refractivity contribution in [3.63, 3.8) is 0 Å². The second-order valence-electron chi connectivity index (χ2n) is 4.49. The third kappa shape index (κ3) is 2.55. The van der Waals surface area contributed by atoms with Crippen LogP contribution in [0.3, 0.4) is 0 Å². The molecule has 1 aliphatic rings. The van der Waals surface area contributed by atoms with Crippen LogP contribution in [0.1, 0.15) is 42.4 Å². The van der Waals surface area contributed by atoms with Gasteiger partial charge in [0.15, 0.2) is 0 Å². The molecule has 0 saturated heterocycles. The second-order valence-corrected chi connectivity index (χ2v) is 4.49. The molecular weight excluding hydrogens is 192 g/mol. The molecule has 0 unspecified atom stereocenters. The first-order valence-electron chi connectivity index (χ1n) is 6.04. The Morgan fingerprint density at radius 1 is 1.00 bits per heavy atom. The van der Waals surface area contributed by atoms with E-state index in [-0.39, 0.29) is 0 Å². The first kappa shape index (κ1) is 11.0. The van der Waals surface area contributed by atoms with E-state index in [0.29, 0.717) is 0 Å². The van der Waals surface area contributed by atoms with Crippen molar-refractivity contribution in [2.75, 3.05) is 0 Å². The summed E-state index contributed by atoms with van der Waals surface area (Å²) in [6.45, 7) is 4.26. The van der Waals surface area contributed by atoms with Crippen molar-refractivity contribution in [2.45, 2.75) is 39.5 Å². The summed E-state index contributed by atoms with van der Waals surface area (Å²) in [4.78, 5) is 0. The van der Waals surface area contributed by atoms with Crippen molar-refractivity contribution < 1.29 is 0 Å². The van der Waals surface area contributed by atoms with Gasteiger partial charge in [-0.2, -0.15) is 0 Å². The number of hydrogen-bond donors (Lipinski definition) is 0. The minimum Gasteiger partial charge on any atom is -0.0729 e. The molecule has 1 aromatic carbocycles. The summed E-state index contributed by atoms with van der Waals surface area (Å²) >= 11 is 0. The average Bonchev–Trinajstić information content (AvgIpc) is 2.30. The molecule has 0 saturated carbocycles. The van der Waals surface area contributed by atoms with Crippen LogP contribution in [-0.4, -0.2) is 0 Å². The Kier molecular flexibility index (Phi) is 3.47. The van der Waals surface area contributed by atoms with Crippen molar-refractivity contribution in [3.05, 3.63) is 46.5 Å². The van der Waals surface area contributed by atoms with Gasteiger partial charge in [0.05, 0.1) is 0 Å². The van der Waals surface area contributed by atoms with E-state index in [1.165, 1.54) is 41.5 Å². The lowest BCUT2D eigenvalue weighted by molar-refractivity contribution is 0.715. The Labute approximate surface area is 98.4 Å². The Bertz CT molecular complexity index is 446. The Morgan fingerprint density at radius 3 is 2.38 bits per heavy atom. The number of hydrogen-bond acceptors (Lipinski definition) is 0. The van der Waals surface area contributed by atoms with Crippen molar-refractivity contribution in [2.24, 2.45) is 0 Å². The highest BCUT2D eigenvalue weighted by Crippen LogP contribution is 2.17. The molecule has 0 aliphatic heterocycles. The zero-order valence-corrected chi connectivity index (χ0v) is 10.1. The van der Waals surface area contributed by atoms with Crippen molar-refractivity contribution in [1.29, 1.82) is 0 Å². The molecule has 0 fully saturated rings. The molecule has 0 heterocycles. The third-order valence-corrected chi connectivity index (χ3v) is 3.12. The Hall–Kier alpha value is -1.48. The van der Waals surface area contributed by atoms with E-state index < -0.39 is 0 Å². The lowest BCUT2D eigenvalue weighted by Crippen LogP contribution is -1.90. The van der Waals surface area contributed by atoms with Crippen LogP contribution in [0.4, 0.5) is 0 Å². The molecule has 0 bridgehead atoms. The topological polar surface area (TPSA) is 0 Å². The molecule has 0 N–H and O–H groups in total. The van der Waals surface area contributed by atoms with E-state index in [9.17, 15) is 0 Å². The normalized spacial score (nSPS) is 15.0. The van der Waals surface area contributed by atoms with E-state index in [0.717, 1.165) is 6.42 Å². The fraction of sp³-hybridized carbons (Fsp3) is 0.375. The SMILES string of the molecule is Cc1cccc(C)c1C#CC1=CCCCC1. The summed E-state index contributed by atoms with van der Waals surface area (Å²) < 4.78 is 0. The van der Waals surface area contributed by atoms with Gasteiger partial charge >= 0.3 is 0 Å². The van der Waals surface area contributed by atoms with Crippen molar-refractivity contribution in [1.82, 2.24) is 0 Å².